The van der Waals surface area contributed by atoms with Crippen LogP contribution in [0.25, 0.3) is 0 Å². The Balaban J connectivity index is 2.38. The summed E-state index contributed by atoms with van der Waals surface area (Å²) in [5.41, 5.74) is 2.67. The van der Waals surface area contributed by atoms with Crippen LogP contribution in [0.4, 0.5) is 0 Å². The molecule has 0 bridgehead atoms. The number of hydrogen-bond acceptors (Lipinski definition) is 5. The second kappa shape index (κ2) is 5.82. The van der Waals surface area contributed by atoms with Gasteiger partial charge in [-0.2, -0.15) is 0 Å². The molecule has 0 aliphatic heterocycles. The maximum absolute atomic E-state index is 11.1. The van der Waals surface area contributed by atoms with Gasteiger partial charge in [-0.1, -0.05) is 0 Å². The molecule has 0 N–H and O–H groups in total. The number of nitrogens with zero attached hydrogens (tertiary/aromatic N) is 1. The van der Waals surface area contributed by atoms with Gasteiger partial charge in [0.1, 0.15) is 6.61 Å². The van der Waals surface area contributed by atoms with E-state index in [1.165, 1.54) is 29.2 Å². The molecule has 0 radical (unpaired) electrons. The minimum atomic E-state index is -0.313. The lowest BCUT2D eigenvalue weighted by Crippen LogP contribution is -2.00. The molecule has 5 heteroatoms. The molecule has 0 aliphatic carbocycles. The molecule has 0 saturated carbocycles. The monoisotopic (exact) mass is 229 g/mol. The molecule has 3 nitrogen and oxygen atoms in total. The highest BCUT2D eigenvalue weighted by Gasteiger charge is 2.03. The first-order valence-electron chi connectivity index (χ1n) is 3.99. The molecule has 0 fully saturated rings. The molecule has 1 rings (SSSR count). The number of thiazole rings is 1. The van der Waals surface area contributed by atoms with Gasteiger partial charge in [-0.25, -0.2) is 9.78 Å². The third kappa shape index (κ3) is 3.51. The fraction of sp³-hybridized carbons (Fsp3) is 0.333. The van der Waals surface area contributed by atoms with Crippen molar-refractivity contribution in [3.8, 4) is 0 Å². The maximum Gasteiger partial charge on any atom is 0.331 e. The average Bonchev–Trinajstić information content (AvgIpc) is 2.58. The summed E-state index contributed by atoms with van der Waals surface area (Å²) < 4.78 is 5.00. The number of aryl methyl sites for hydroxylation is 1. The SMILES string of the molecule is CS/C=C/C(=O)OCc1scnc1C. The lowest BCUT2D eigenvalue weighted by atomic mass is 10.4. The maximum atomic E-state index is 11.1. The van der Waals surface area contributed by atoms with Gasteiger partial charge in [-0.05, 0) is 18.6 Å². The molecule has 76 valence electrons. The molecule has 14 heavy (non-hydrogen) atoms. The molecule has 0 amide bonds. The van der Waals surface area contributed by atoms with Crippen molar-refractivity contribution in [2.24, 2.45) is 0 Å². The standard InChI is InChI=1S/C9H11NO2S2/c1-7-8(14-6-10-7)5-12-9(11)3-4-13-2/h3-4,6H,5H2,1-2H3/b4-3+. The molecule has 0 aromatic carbocycles. The molecule has 0 aliphatic rings. The first-order valence-corrected chi connectivity index (χ1v) is 6.16. The number of hydrogen-bond donors (Lipinski definition) is 0. The van der Waals surface area contributed by atoms with E-state index in [9.17, 15) is 4.79 Å². The number of aromatic nitrogens is 1. The van der Waals surface area contributed by atoms with Gasteiger partial charge in [0, 0.05) is 6.08 Å². The van der Waals surface area contributed by atoms with Gasteiger partial charge in [0.2, 0.25) is 0 Å². The van der Waals surface area contributed by atoms with Gasteiger partial charge in [0.05, 0.1) is 16.1 Å². The average molecular weight is 229 g/mol. The Morgan fingerprint density at radius 3 is 3.14 bits per heavy atom. The Morgan fingerprint density at radius 2 is 2.57 bits per heavy atom. The first kappa shape index (κ1) is 11.3. The molecule has 0 saturated heterocycles. The summed E-state index contributed by atoms with van der Waals surface area (Å²) in [7, 11) is 0. The lowest BCUT2D eigenvalue weighted by Gasteiger charge is -1.99. The minimum Gasteiger partial charge on any atom is -0.457 e. The summed E-state index contributed by atoms with van der Waals surface area (Å²) in [5.74, 6) is -0.313. The fourth-order valence-electron chi connectivity index (χ4n) is 0.773. The van der Waals surface area contributed by atoms with E-state index in [1.807, 2.05) is 13.2 Å². The summed E-state index contributed by atoms with van der Waals surface area (Å²) in [5, 5.41) is 1.70. The van der Waals surface area contributed by atoms with Gasteiger partial charge < -0.3 is 4.74 Å². The van der Waals surface area contributed by atoms with Gasteiger partial charge in [-0.15, -0.1) is 23.1 Å². The third-order valence-electron chi connectivity index (χ3n) is 1.53. The molecule has 1 heterocycles. The van der Waals surface area contributed by atoms with Gasteiger partial charge in [-0.3, -0.25) is 0 Å². The van der Waals surface area contributed by atoms with Gasteiger partial charge in [0.15, 0.2) is 0 Å². The molecular formula is C9H11NO2S2. The van der Waals surface area contributed by atoms with Crippen LogP contribution >= 0.6 is 23.1 Å². The van der Waals surface area contributed by atoms with Crippen LogP contribution in [-0.2, 0) is 16.1 Å². The Hall–Kier alpha value is -0.810. The highest BCUT2D eigenvalue weighted by atomic mass is 32.2. The van der Waals surface area contributed by atoms with E-state index < -0.39 is 0 Å². The van der Waals surface area contributed by atoms with Crippen molar-refractivity contribution < 1.29 is 9.53 Å². The summed E-state index contributed by atoms with van der Waals surface area (Å²) in [6, 6.07) is 0. The van der Waals surface area contributed by atoms with E-state index in [0.717, 1.165) is 10.6 Å². The van der Waals surface area contributed by atoms with Crippen molar-refractivity contribution in [2.45, 2.75) is 13.5 Å². The molecule has 1 aromatic rings. The molecule has 0 unspecified atom stereocenters. The van der Waals surface area contributed by atoms with Crippen LogP contribution in [-0.4, -0.2) is 17.2 Å². The van der Waals surface area contributed by atoms with E-state index >= 15 is 0 Å². The van der Waals surface area contributed by atoms with Crippen molar-refractivity contribution in [1.82, 2.24) is 4.98 Å². The summed E-state index contributed by atoms with van der Waals surface area (Å²) in [6.07, 6.45) is 3.30. The van der Waals surface area contributed by atoms with Gasteiger partial charge in [0.25, 0.3) is 0 Å². The number of rotatable bonds is 4. The van der Waals surface area contributed by atoms with E-state index in [4.69, 9.17) is 4.74 Å². The molecular weight excluding hydrogens is 218 g/mol. The first-order chi connectivity index (χ1) is 6.74. The summed E-state index contributed by atoms with van der Waals surface area (Å²) >= 11 is 2.96. The van der Waals surface area contributed by atoms with E-state index in [2.05, 4.69) is 4.98 Å². The lowest BCUT2D eigenvalue weighted by molar-refractivity contribution is -0.138. The number of esters is 1. The van der Waals surface area contributed by atoms with Crippen LogP contribution in [0.3, 0.4) is 0 Å². The highest BCUT2D eigenvalue weighted by molar-refractivity contribution is 8.01. The Kier molecular flexibility index (Phi) is 4.69. The van der Waals surface area contributed by atoms with Crippen molar-refractivity contribution in [2.75, 3.05) is 6.26 Å². The number of ether oxygens (including phenoxy) is 1. The zero-order chi connectivity index (χ0) is 10.4. The second-order valence-corrected chi connectivity index (χ2v) is 4.19. The zero-order valence-electron chi connectivity index (χ0n) is 8.02. The smallest absolute Gasteiger partial charge is 0.331 e. The van der Waals surface area contributed by atoms with Crippen molar-refractivity contribution in [3.05, 3.63) is 27.6 Å². The van der Waals surface area contributed by atoms with Crippen LogP contribution in [0, 0.1) is 6.92 Å². The zero-order valence-corrected chi connectivity index (χ0v) is 9.65. The number of thioether (sulfide) groups is 1. The molecule has 0 atom stereocenters. The Morgan fingerprint density at radius 1 is 1.79 bits per heavy atom. The predicted octanol–water partition coefficient (Wildman–Crippen LogP) is 2.37. The number of carbonyl (C=O) groups is 1. The third-order valence-corrected chi connectivity index (χ3v) is 2.85. The largest absolute Gasteiger partial charge is 0.457 e. The number of carbonyl (C=O) groups excluding carboxylic acids is 1. The summed E-state index contributed by atoms with van der Waals surface area (Å²) in [6.45, 7) is 2.21. The second-order valence-electron chi connectivity index (χ2n) is 2.51. The highest BCUT2D eigenvalue weighted by Crippen LogP contribution is 2.13. The van der Waals surface area contributed by atoms with Crippen molar-refractivity contribution in [3.63, 3.8) is 0 Å². The Bertz CT molecular complexity index is 333. The molecule has 1 aromatic heterocycles. The van der Waals surface area contributed by atoms with Crippen LogP contribution in [0.5, 0.6) is 0 Å². The van der Waals surface area contributed by atoms with Crippen LogP contribution in [0.1, 0.15) is 10.6 Å². The van der Waals surface area contributed by atoms with E-state index in [-0.39, 0.29) is 5.97 Å². The van der Waals surface area contributed by atoms with Gasteiger partial charge >= 0.3 is 5.97 Å². The van der Waals surface area contributed by atoms with Crippen LogP contribution < -0.4 is 0 Å². The minimum absolute atomic E-state index is 0.313. The van der Waals surface area contributed by atoms with Crippen molar-refractivity contribution >= 4 is 29.1 Å². The topological polar surface area (TPSA) is 39.2 Å². The quantitative estimate of drug-likeness (QED) is 0.587. The molecule has 0 spiro atoms. The normalized spacial score (nSPS) is 10.7. The van der Waals surface area contributed by atoms with E-state index in [0.29, 0.717) is 6.61 Å². The van der Waals surface area contributed by atoms with Crippen LogP contribution in [0.15, 0.2) is 17.0 Å². The summed E-state index contributed by atoms with van der Waals surface area (Å²) in [4.78, 5) is 16.1. The van der Waals surface area contributed by atoms with Crippen LogP contribution in [0.2, 0.25) is 0 Å². The Labute approximate surface area is 91.2 Å². The van der Waals surface area contributed by atoms with Crippen molar-refractivity contribution in [1.29, 1.82) is 0 Å². The van der Waals surface area contributed by atoms with E-state index in [1.54, 1.807) is 10.9 Å². The fourth-order valence-corrected chi connectivity index (χ4v) is 1.71. The predicted molar refractivity (Wildman–Crippen MR) is 59.3 cm³/mol.